The fraction of sp³-hybridized carbons (Fsp3) is 0.417. The number of halogens is 2. The SMILES string of the molecule is CCCCNC(=O)[C@H](C)N(Cc1ccc(Cl)cc1Cl)C(=O)CN(c1ccccc1C)S(C)(=O)=O. The average Bonchev–Trinajstić information content (AvgIpc) is 2.76. The Morgan fingerprint density at radius 1 is 1.12 bits per heavy atom. The van der Waals surface area contributed by atoms with Crippen LogP contribution in [0.5, 0.6) is 0 Å². The molecule has 0 aromatic heterocycles. The molecular weight excluding hydrogens is 497 g/mol. The molecule has 0 aliphatic rings. The molecule has 0 aliphatic carbocycles. The van der Waals surface area contributed by atoms with Crippen LogP contribution in [0.1, 0.15) is 37.8 Å². The first-order valence-corrected chi connectivity index (χ1v) is 13.6. The van der Waals surface area contributed by atoms with Crippen molar-refractivity contribution < 1.29 is 18.0 Å². The van der Waals surface area contributed by atoms with Gasteiger partial charge in [-0.2, -0.15) is 0 Å². The summed E-state index contributed by atoms with van der Waals surface area (Å²) in [6.07, 6.45) is 2.77. The highest BCUT2D eigenvalue weighted by molar-refractivity contribution is 7.92. The van der Waals surface area contributed by atoms with Gasteiger partial charge >= 0.3 is 0 Å². The van der Waals surface area contributed by atoms with E-state index >= 15 is 0 Å². The highest BCUT2D eigenvalue weighted by Crippen LogP contribution is 2.25. The maximum atomic E-state index is 13.5. The van der Waals surface area contributed by atoms with Crippen LogP contribution in [0.15, 0.2) is 42.5 Å². The van der Waals surface area contributed by atoms with Crippen LogP contribution in [0.3, 0.4) is 0 Å². The van der Waals surface area contributed by atoms with Crippen molar-refractivity contribution >= 4 is 50.7 Å². The monoisotopic (exact) mass is 527 g/mol. The zero-order valence-electron chi connectivity index (χ0n) is 19.8. The number of hydrogen-bond acceptors (Lipinski definition) is 4. The molecule has 7 nitrogen and oxygen atoms in total. The zero-order chi connectivity index (χ0) is 25.5. The van der Waals surface area contributed by atoms with Crippen molar-refractivity contribution in [3.05, 3.63) is 63.6 Å². The van der Waals surface area contributed by atoms with E-state index in [1.165, 1.54) is 4.90 Å². The van der Waals surface area contributed by atoms with Gasteiger partial charge in [-0.15, -0.1) is 0 Å². The molecule has 0 fully saturated rings. The Bertz CT molecular complexity index is 1120. The lowest BCUT2D eigenvalue weighted by Crippen LogP contribution is -2.51. The standard InChI is InChI=1S/C24H31Cl2N3O4S/c1-5-6-13-27-24(31)18(3)28(15-19-11-12-20(25)14-21(19)26)23(30)16-29(34(4,32)33)22-10-8-7-9-17(22)2/h7-12,14,18H,5-6,13,15-16H2,1-4H3,(H,27,31)/t18-/m0/s1. The number of hydrogen-bond donors (Lipinski definition) is 1. The van der Waals surface area contributed by atoms with Gasteiger partial charge in [0.25, 0.3) is 0 Å². The smallest absolute Gasteiger partial charge is 0.244 e. The first-order chi connectivity index (χ1) is 16.0. The van der Waals surface area contributed by atoms with Crippen molar-refractivity contribution in [2.45, 2.75) is 46.2 Å². The number of sulfonamides is 1. The molecule has 0 heterocycles. The van der Waals surface area contributed by atoms with Crippen molar-refractivity contribution in [2.75, 3.05) is 23.7 Å². The molecule has 2 rings (SSSR count). The molecule has 2 aromatic carbocycles. The molecule has 2 aromatic rings. The number of amides is 2. The largest absolute Gasteiger partial charge is 0.354 e. The summed E-state index contributed by atoms with van der Waals surface area (Å²) in [7, 11) is -3.78. The third-order valence-corrected chi connectivity index (χ3v) is 7.13. The Kier molecular flexibility index (Phi) is 10.2. The number of anilines is 1. The molecule has 0 spiro atoms. The summed E-state index contributed by atoms with van der Waals surface area (Å²) in [6, 6.07) is 10.9. The average molecular weight is 529 g/mol. The number of benzene rings is 2. The van der Waals surface area contributed by atoms with Gasteiger partial charge in [-0.05, 0) is 49.6 Å². The quantitative estimate of drug-likeness (QED) is 0.438. The molecule has 34 heavy (non-hydrogen) atoms. The normalized spacial score (nSPS) is 12.2. The number of nitrogens with zero attached hydrogens (tertiary/aromatic N) is 2. The van der Waals surface area contributed by atoms with Crippen molar-refractivity contribution in [3.63, 3.8) is 0 Å². The van der Waals surface area contributed by atoms with Crippen LogP contribution < -0.4 is 9.62 Å². The summed E-state index contributed by atoms with van der Waals surface area (Å²) in [6.45, 7) is 5.44. The number of para-hydroxylation sites is 1. The van der Waals surface area contributed by atoms with Crippen LogP contribution in [0.4, 0.5) is 5.69 Å². The predicted octanol–water partition coefficient (Wildman–Crippen LogP) is 4.40. The van der Waals surface area contributed by atoms with Crippen molar-refractivity contribution in [2.24, 2.45) is 0 Å². The fourth-order valence-electron chi connectivity index (χ4n) is 3.39. The molecule has 0 bridgehead atoms. The van der Waals surface area contributed by atoms with E-state index < -0.39 is 28.5 Å². The zero-order valence-corrected chi connectivity index (χ0v) is 22.2. The predicted molar refractivity (Wildman–Crippen MR) is 138 cm³/mol. The molecule has 2 amide bonds. The van der Waals surface area contributed by atoms with Crippen LogP contribution in [-0.2, 0) is 26.2 Å². The lowest BCUT2D eigenvalue weighted by Gasteiger charge is -2.32. The highest BCUT2D eigenvalue weighted by atomic mass is 35.5. The number of carbonyl (C=O) groups excluding carboxylic acids is 2. The summed E-state index contributed by atoms with van der Waals surface area (Å²) in [5.41, 5.74) is 1.70. The van der Waals surface area contributed by atoms with E-state index in [4.69, 9.17) is 23.2 Å². The second-order valence-corrected chi connectivity index (χ2v) is 10.9. The van der Waals surface area contributed by atoms with Gasteiger partial charge < -0.3 is 10.2 Å². The van der Waals surface area contributed by atoms with E-state index in [1.54, 1.807) is 56.3 Å². The van der Waals surface area contributed by atoms with Crippen LogP contribution in [0, 0.1) is 6.92 Å². The summed E-state index contributed by atoms with van der Waals surface area (Å²) < 4.78 is 26.3. The molecule has 1 N–H and O–H groups in total. The maximum Gasteiger partial charge on any atom is 0.244 e. The van der Waals surface area contributed by atoms with Gasteiger partial charge in [0.15, 0.2) is 0 Å². The molecule has 0 radical (unpaired) electrons. The number of aryl methyl sites for hydroxylation is 1. The summed E-state index contributed by atoms with van der Waals surface area (Å²) in [4.78, 5) is 27.7. The van der Waals surface area contributed by atoms with Crippen LogP contribution in [-0.4, -0.2) is 50.5 Å². The summed E-state index contributed by atoms with van der Waals surface area (Å²) >= 11 is 12.3. The van der Waals surface area contributed by atoms with Crippen molar-refractivity contribution in [1.82, 2.24) is 10.2 Å². The van der Waals surface area contributed by atoms with E-state index in [2.05, 4.69) is 5.32 Å². The van der Waals surface area contributed by atoms with Gasteiger partial charge in [0.2, 0.25) is 21.8 Å². The minimum absolute atomic E-state index is 0.0164. The third-order valence-electron chi connectivity index (χ3n) is 5.42. The van der Waals surface area contributed by atoms with E-state index in [1.807, 2.05) is 6.92 Å². The van der Waals surface area contributed by atoms with Crippen LogP contribution in [0.25, 0.3) is 0 Å². The lowest BCUT2D eigenvalue weighted by molar-refractivity contribution is -0.139. The van der Waals surface area contributed by atoms with Gasteiger partial charge in [-0.25, -0.2) is 8.42 Å². The molecule has 10 heteroatoms. The number of carbonyl (C=O) groups is 2. The second-order valence-electron chi connectivity index (χ2n) is 8.13. The Labute approximate surface area is 212 Å². The summed E-state index contributed by atoms with van der Waals surface area (Å²) in [5.74, 6) is -0.855. The first kappa shape index (κ1) is 28.0. The molecule has 0 unspecified atom stereocenters. The molecule has 0 aliphatic heterocycles. The Morgan fingerprint density at radius 3 is 2.38 bits per heavy atom. The minimum atomic E-state index is -3.78. The third kappa shape index (κ3) is 7.61. The summed E-state index contributed by atoms with van der Waals surface area (Å²) in [5, 5.41) is 3.63. The van der Waals surface area contributed by atoms with Crippen LogP contribution in [0.2, 0.25) is 10.0 Å². The van der Waals surface area contributed by atoms with E-state index in [0.717, 1.165) is 23.4 Å². The fourth-order valence-corrected chi connectivity index (χ4v) is 4.77. The van der Waals surface area contributed by atoms with Gasteiger partial charge in [0, 0.05) is 23.1 Å². The molecule has 1 atom stereocenters. The number of rotatable bonds is 11. The number of unbranched alkanes of at least 4 members (excludes halogenated alkanes) is 1. The molecule has 186 valence electrons. The van der Waals surface area contributed by atoms with Crippen molar-refractivity contribution in [1.29, 1.82) is 0 Å². The van der Waals surface area contributed by atoms with E-state index in [9.17, 15) is 18.0 Å². The Morgan fingerprint density at radius 2 is 1.79 bits per heavy atom. The van der Waals surface area contributed by atoms with Crippen molar-refractivity contribution in [3.8, 4) is 0 Å². The lowest BCUT2D eigenvalue weighted by atomic mass is 10.1. The van der Waals surface area contributed by atoms with Gasteiger partial charge in [-0.3, -0.25) is 13.9 Å². The Balaban J connectivity index is 2.40. The molecule has 0 saturated carbocycles. The van der Waals surface area contributed by atoms with Gasteiger partial charge in [0.05, 0.1) is 11.9 Å². The number of nitrogens with one attached hydrogen (secondary N) is 1. The minimum Gasteiger partial charge on any atom is -0.354 e. The highest BCUT2D eigenvalue weighted by Gasteiger charge is 2.30. The first-order valence-electron chi connectivity index (χ1n) is 11.0. The second kappa shape index (κ2) is 12.4. The van der Waals surface area contributed by atoms with E-state index in [0.29, 0.717) is 33.4 Å². The van der Waals surface area contributed by atoms with Gasteiger partial charge in [-0.1, -0.05) is 60.8 Å². The Hall–Kier alpha value is -2.29. The maximum absolute atomic E-state index is 13.5. The van der Waals surface area contributed by atoms with Crippen LogP contribution >= 0.6 is 23.2 Å². The van der Waals surface area contributed by atoms with Gasteiger partial charge in [0.1, 0.15) is 12.6 Å². The molecule has 0 saturated heterocycles. The molecular formula is C24H31Cl2N3O4S. The van der Waals surface area contributed by atoms with E-state index in [-0.39, 0.29) is 12.5 Å². The topological polar surface area (TPSA) is 86.8 Å².